The molecule has 0 saturated carbocycles. The van der Waals surface area contributed by atoms with Gasteiger partial charge in [0.2, 0.25) is 0 Å². The average molecular weight is 465 g/mol. The van der Waals surface area contributed by atoms with Crippen LogP contribution in [0.2, 0.25) is 0 Å². The highest BCUT2D eigenvalue weighted by atomic mass is 16.5. The van der Waals surface area contributed by atoms with E-state index in [1.54, 1.807) is 26.0 Å². The Morgan fingerprint density at radius 1 is 1.06 bits per heavy atom. The molecule has 10 heteroatoms. The summed E-state index contributed by atoms with van der Waals surface area (Å²) in [5, 5.41) is 7.47. The number of anilines is 1. The lowest BCUT2D eigenvalue weighted by Gasteiger charge is -2.36. The zero-order valence-corrected chi connectivity index (χ0v) is 19.8. The molecule has 1 aliphatic heterocycles. The van der Waals surface area contributed by atoms with Crippen LogP contribution in [0.25, 0.3) is 11.3 Å². The fourth-order valence-electron chi connectivity index (χ4n) is 4.99. The number of benzene rings is 1. The molecule has 1 N–H and O–H groups in total. The number of aryl methyl sites for hydroxylation is 1. The topological polar surface area (TPSA) is 105 Å². The molecule has 0 radical (unpaired) electrons. The van der Waals surface area contributed by atoms with Gasteiger partial charge in [0.05, 0.1) is 12.8 Å². The largest absolute Gasteiger partial charge is 0.497 e. The summed E-state index contributed by atoms with van der Waals surface area (Å²) in [6.07, 6.45) is 1.56. The third kappa shape index (κ3) is 3.32. The summed E-state index contributed by atoms with van der Waals surface area (Å²) in [6.45, 7) is 3.76. The first-order valence-corrected chi connectivity index (χ1v) is 11.4. The van der Waals surface area contributed by atoms with Crippen molar-refractivity contribution >= 4 is 11.6 Å². The van der Waals surface area contributed by atoms with Crippen LogP contribution in [0.1, 0.15) is 27.3 Å². The summed E-state index contributed by atoms with van der Waals surface area (Å²) in [6, 6.07) is 5.93. The van der Waals surface area contributed by atoms with Crippen LogP contribution in [0, 0.1) is 6.92 Å². The van der Waals surface area contributed by atoms with E-state index in [9.17, 15) is 14.4 Å². The van der Waals surface area contributed by atoms with Crippen molar-refractivity contribution in [2.45, 2.75) is 19.8 Å². The van der Waals surface area contributed by atoms with Crippen molar-refractivity contribution in [2.24, 2.45) is 14.1 Å². The molecule has 0 spiro atoms. The fourth-order valence-corrected chi connectivity index (χ4v) is 4.99. The number of hydrogen-bond donors (Lipinski definition) is 1. The molecule has 34 heavy (non-hydrogen) atoms. The first kappa shape index (κ1) is 22.0. The van der Waals surface area contributed by atoms with E-state index < -0.39 is 0 Å². The van der Waals surface area contributed by atoms with Crippen LogP contribution >= 0.6 is 0 Å². The Morgan fingerprint density at radius 2 is 1.79 bits per heavy atom. The molecule has 0 atom stereocenters. The van der Waals surface area contributed by atoms with Gasteiger partial charge in [-0.3, -0.25) is 23.8 Å². The zero-order chi connectivity index (χ0) is 24.1. The van der Waals surface area contributed by atoms with Gasteiger partial charge in [-0.1, -0.05) is 0 Å². The third-order valence-corrected chi connectivity index (χ3v) is 7.10. The van der Waals surface area contributed by atoms with Crippen LogP contribution in [-0.4, -0.2) is 63.4 Å². The fraction of sp³-hybridized carbons (Fsp3) is 0.417. The first-order valence-electron chi connectivity index (χ1n) is 11.4. The van der Waals surface area contributed by atoms with Gasteiger partial charge in [-0.15, -0.1) is 0 Å². The SMILES string of the molecule is COc1ccc2c(c1)CCc1c-2n[nH]c1C(=O)N1CCN(c2c(C)n(C)c(=O)n(C)c2=O)CC1. The number of fused-ring (bicyclic) bond motifs is 3. The Bertz CT molecular complexity index is 1410. The van der Waals surface area contributed by atoms with Gasteiger partial charge < -0.3 is 14.5 Å². The Labute approximate surface area is 196 Å². The maximum atomic E-state index is 13.4. The van der Waals surface area contributed by atoms with Gasteiger partial charge in [0.1, 0.15) is 17.1 Å². The molecule has 1 amide bonds. The van der Waals surface area contributed by atoms with Gasteiger partial charge in [-0.2, -0.15) is 5.10 Å². The van der Waals surface area contributed by atoms with Gasteiger partial charge in [-0.25, -0.2) is 4.79 Å². The number of amides is 1. The number of ether oxygens (including phenoxy) is 1. The number of carbonyl (C=O) groups is 1. The molecule has 2 aliphatic rings. The lowest BCUT2D eigenvalue weighted by molar-refractivity contribution is 0.0739. The molecular weight excluding hydrogens is 436 g/mol. The van der Waals surface area contributed by atoms with Crippen LogP contribution in [0.3, 0.4) is 0 Å². The molecule has 1 aromatic carbocycles. The predicted octanol–water partition coefficient (Wildman–Crippen LogP) is 0.852. The second-order valence-electron chi connectivity index (χ2n) is 8.87. The average Bonchev–Trinajstić information content (AvgIpc) is 3.30. The van der Waals surface area contributed by atoms with Gasteiger partial charge in [0.25, 0.3) is 11.5 Å². The van der Waals surface area contributed by atoms with E-state index in [-0.39, 0.29) is 17.2 Å². The number of aromatic nitrogens is 4. The van der Waals surface area contributed by atoms with Crippen molar-refractivity contribution in [3.8, 4) is 17.0 Å². The first-order chi connectivity index (χ1) is 16.3. The molecule has 1 aliphatic carbocycles. The lowest BCUT2D eigenvalue weighted by atomic mass is 9.88. The molecule has 0 bridgehead atoms. The number of nitrogens with zero attached hydrogens (tertiary/aromatic N) is 5. The number of carbonyl (C=O) groups excluding carboxylic acids is 1. The normalized spacial score (nSPS) is 15.2. The Morgan fingerprint density at radius 3 is 2.50 bits per heavy atom. The van der Waals surface area contributed by atoms with Gasteiger partial charge >= 0.3 is 5.69 Å². The number of hydrogen-bond acceptors (Lipinski definition) is 6. The van der Waals surface area contributed by atoms with E-state index in [1.165, 1.54) is 17.2 Å². The molecule has 5 rings (SSSR count). The zero-order valence-electron chi connectivity index (χ0n) is 19.8. The number of nitrogens with one attached hydrogen (secondary N) is 1. The molecule has 1 fully saturated rings. The Balaban J connectivity index is 1.36. The number of rotatable bonds is 3. The minimum atomic E-state index is -0.343. The minimum Gasteiger partial charge on any atom is -0.497 e. The quantitative estimate of drug-likeness (QED) is 0.616. The van der Waals surface area contributed by atoms with E-state index in [4.69, 9.17) is 4.74 Å². The second kappa shape index (κ2) is 8.19. The summed E-state index contributed by atoms with van der Waals surface area (Å²) in [4.78, 5) is 42.1. The Hall–Kier alpha value is -3.82. The molecule has 2 aromatic heterocycles. The van der Waals surface area contributed by atoms with Crippen LogP contribution < -0.4 is 20.9 Å². The highest BCUT2D eigenvalue weighted by Crippen LogP contribution is 2.35. The molecule has 10 nitrogen and oxygen atoms in total. The number of methoxy groups -OCH3 is 1. The molecule has 178 valence electrons. The van der Waals surface area contributed by atoms with E-state index in [0.717, 1.165) is 40.0 Å². The highest BCUT2D eigenvalue weighted by molar-refractivity contribution is 5.96. The van der Waals surface area contributed by atoms with E-state index in [0.29, 0.717) is 43.3 Å². The van der Waals surface area contributed by atoms with Crippen molar-refractivity contribution in [3.63, 3.8) is 0 Å². The summed E-state index contributed by atoms with van der Waals surface area (Å²) in [7, 11) is 4.80. The summed E-state index contributed by atoms with van der Waals surface area (Å²) in [5.41, 5.74) is 5.02. The van der Waals surface area contributed by atoms with Gasteiger partial charge in [0, 0.05) is 57.1 Å². The standard InChI is InChI=1S/C24H28N6O4/c1-14-21(23(32)28(3)24(33)27(14)2)29-9-11-30(12-10-29)22(31)20-18-7-5-15-13-16(34-4)6-8-17(15)19(18)25-26-20/h6,8,13H,5,7,9-12H2,1-4H3,(H,25,26). The van der Waals surface area contributed by atoms with Gasteiger partial charge in [0.15, 0.2) is 0 Å². The van der Waals surface area contributed by atoms with Crippen molar-refractivity contribution in [1.29, 1.82) is 0 Å². The third-order valence-electron chi connectivity index (χ3n) is 7.10. The van der Waals surface area contributed by atoms with Crippen molar-refractivity contribution in [3.05, 3.63) is 61.6 Å². The van der Waals surface area contributed by atoms with Crippen LogP contribution in [0.15, 0.2) is 27.8 Å². The molecule has 3 aromatic rings. The smallest absolute Gasteiger partial charge is 0.330 e. The van der Waals surface area contributed by atoms with Crippen LogP contribution in [0.5, 0.6) is 5.75 Å². The molecular formula is C24H28N6O4. The number of piperazine rings is 1. The monoisotopic (exact) mass is 464 g/mol. The minimum absolute atomic E-state index is 0.0737. The van der Waals surface area contributed by atoms with E-state index in [1.807, 2.05) is 23.1 Å². The summed E-state index contributed by atoms with van der Waals surface area (Å²) < 4.78 is 7.95. The molecule has 3 heterocycles. The second-order valence-corrected chi connectivity index (χ2v) is 8.87. The number of aromatic amines is 1. The highest BCUT2D eigenvalue weighted by Gasteiger charge is 2.31. The van der Waals surface area contributed by atoms with Crippen molar-refractivity contribution < 1.29 is 9.53 Å². The van der Waals surface area contributed by atoms with Crippen LogP contribution in [0.4, 0.5) is 5.69 Å². The maximum absolute atomic E-state index is 13.4. The Kier molecular flexibility index (Phi) is 5.30. The molecule has 0 unspecified atom stereocenters. The van der Waals surface area contributed by atoms with Gasteiger partial charge in [-0.05, 0) is 43.5 Å². The summed E-state index contributed by atoms with van der Waals surface area (Å²) in [5.74, 6) is 0.742. The predicted molar refractivity (Wildman–Crippen MR) is 128 cm³/mol. The lowest BCUT2D eigenvalue weighted by Crippen LogP contribution is -2.52. The van der Waals surface area contributed by atoms with Crippen molar-refractivity contribution in [2.75, 3.05) is 38.2 Å². The van der Waals surface area contributed by atoms with Crippen molar-refractivity contribution in [1.82, 2.24) is 24.2 Å². The molecule has 1 saturated heterocycles. The van der Waals surface area contributed by atoms with Crippen LogP contribution in [-0.2, 0) is 26.9 Å². The maximum Gasteiger partial charge on any atom is 0.330 e. The summed E-state index contributed by atoms with van der Waals surface area (Å²) >= 11 is 0. The van der Waals surface area contributed by atoms with E-state index in [2.05, 4.69) is 10.2 Å². The number of H-pyrrole nitrogens is 1. The van der Waals surface area contributed by atoms with E-state index >= 15 is 0 Å².